The topological polar surface area (TPSA) is 48.7 Å². The second-order valence-electron chi connectivity index (χ2n) is 6.16. The Morgan fingerprint density at radius 1 is 1.43 bits per heavy atom. The summed E-state index contributed by atoms with van der Waals surface area (Å²) in [5.74, 6) is 0.828. The van der Waals surface area contributed by atoms with E-state index in [2.05, 4.69) is 27.0 Å². The van der Waals surface area contributed by atoms with E-state index in [1.54, 1.807) is 17.6 Å². The minimum atomic E-state index is -0.00835. The van der Waals surface area contributed by atoms with Crippen molar-refractivity contribution in [2.24, 2.45) is 0 Å². The molecule has 2 aromatic heterocycles. The zero-order valence-corrected chi connectivity index (χ0v) is 14.4. The third-order valence-corrected chi connectivity index (χ3v) is 4.85. The summed E-state index contributed by atoms with van der Waals surface area (Å²) in [4.78, 5) is 16.6. The molecule has 0 aliphatic heterocycles. The van der Waals surface area contributed by atoms with Crippen molar-refractivity contribution in [1.29, 1.82) is 0 Å². The van der Waals surface area contributed by atoms with E-state index in [-0.39, 0.29) is 12.1 Å². The molecular formula is C17H23N3O2S. The molecule has 2 heterocycles. The fraction of sp³-hybridized carbons (Fsp3) is 0.471. The minimum absolute atomic E-state index is 0.00835. The molecule has 2 aromatic rings. The molecule has 1 atom stereocenters. The summed E-state index contributed by atoms with van der Waals surface area (Å²) in [5, 5.41) is 7.30. The minimum Gasteiger partial charge on any atom is -0.467 e. The molecular weight excluding hydrogens is 310 g/mol. The van der Waals surface area contributed by atoms with E-state index < -0.39 is 0 Å². The number of furan rings is 1. The number of carbonyl (C=O) groups is 1. The number of rotatable bonds is 7. The Morgan fingerprint density at radius 3 is 2.83 bits per heavy atom. The van der Waals surface area contributed by atoms with E-state index in [9.17, 15) is 4.79 Å². The first-order valence-electron chi connectivity index (χ1n) is 7.90. The summed E-state index contributed by atoms with van der Waals surface area (Å²) in [5.41, 5.74) is 1.24. The lowest BCUT2D eigenvalue weighted by Gasteiger charge is -2.27. The molecule has 0 unspecified atom stereocenters. The van der Waals surface area contributed by atoms with Gasteiger partial charge in [0, 0.05) is 12.6 Å². The van der Waals surface area contributed by atoms with Crippen LogP contribution in [0.4, 0.5) is 4.79 Å². The summed E-state index contributed by atoms with van der Waals surface area (Å²) in [6, 6.07) is 6.41. The first-order chi connectivity index (χ1) is 11.1. The van der Waals surface area contributed by atoms with Crippen molar-refractivity contribution in [3.63, 3.8) is 0 Å². The molecule has 6 heteroatoms. The average Bonchev–Trinajstić information content (AvgIpc) is 3.01. The van der Waals surface area contributed by atoms with E-state index in [0.717, 1.165) is 18.6 Å². The molecule has 0 aromatic carbocycles. The fourth-order valence-electron chi connectivity index (χ4n) is 2.67. The molecule has 0 saturated heterocycles. The van der Waals surface area contributed by atoms with Crippen LogP contribution in [0.3, 0.4) is 0 Å². The lowest BCUT2D eigenvalue weighted by Crippen LogP contribution is -2.43. The zero-order valence-electron chi connectivity index (χ0n) is 13.6. The van der Waals surface area contributed by atoms with Crippen molar-refractivity contribution >= 4 is 17.4 Å². The molecule has 2 amide bonds. The molecule has 1 N–H and O–H groups in total. The van der Waals surface area contributed by atoms with Gasteiger partial charge in [-0.1, -0.05) is 0 Å². The van der Waals surface area contributed by atoms with Gasteiger partial charge in [-0.05, 0) is 61.5 Å². The Hall–Kier alpha value is -1.79. The number of carbonyl (C=O) groups excluding carboxylic acids is 1. The van der Waals surface area contributed by atoms with Gasteiger partial charge in [0.05, 0.1) is 18.8 Å². The molecule has 5 nitrogen and oxygen atoms in total. The quantitative estimate of drug-likeness (QED) is 0.845. The number of thiophene rings is 1. The number of nitrogens with zero attached hydrogens (tertiary/aromatic N) is 2. The SMILES string of the molecule is CN(C)[C@H](CNC(=O)N(Cc1ccco1)C1CC1)c1ccsc1. The van der Waals surface area contributed by atoms with Crippen molar-refractivity contribution in [1.82, 2.24) is 15.1 Å². The maximum absolute atomic E-state index is 12.6. The van der Waals surface area contributed by atoms with Crippen LogP contribution < -0.4 is 5.32 Å². The zero-order chi connectivity index (χ0) is 16.2. The molecule has 3 rings (SSSR count). The number of nitrogens with one attached hydrogen (secondary N) is 1. The maximum atomic E-state index is 12.6. The van der Waals surface area contributed by atoms with Crippen molar-refractivity contribution in [2.45, 2.75) is 31.5 Å². The van der Waals surface area contributed by atoms with Gasteiger partial charge in [0.15, 0.2) is 0 Å². The molecule has 124 valence electrons. The second-order valence-corrected chi connectivity index (χ2v) is 6.94. The summed E-state index contributed by atoms with van der Waals surface area (Å²) in [6.45, 7) is 1.14. The molecule has 1 fully saturated rings. The highest BCUT2D eigenvalue weighted by Crippen LogP contribution is 2.28. The second kappa shape index (κ2) is 7.19. The monoisotopic (exact) mass is 333 g/mol. The van der Waals surface area contributed by atoms with Gasteiger partial charge in [0.2, 0.25) is 0 Å². The largest absolute Gasteiger partial charge is 0.467 e. The van der Waals surface area contributed by atoms with Crippen LogP contribution in [0.5, 0.6) is 0 Å². The van der Waals surface area contributed by atoms with E-state index >= 15 is 0 Å². The Labute approximate surface area is 140 Å². The van der Waals surface area contributed by atoms with Gasteiger partial charge in [0.1, 0.15) is 5.76 Å². The van der Waals surface area contributed by atoms with Crippen molar-refractivity contribution < 1.29 is 9.21 Å². The number of urea groups is 1. The average molecular weight is 333 g/mol. The maximum Gasteiger partial charge on any atom is 0.318 e. The number of hydrogen-bond acceptors (Lipinski definition) is 4. The van der Waals surface area contributed by atoms with Gasteiger partial charge in [-0.3, -0.25) is 0 Å². The van der Waals surface area contributed by atoms with Gasteiger partial charge < -0.3 is 19.5 Å². The summed E-state index contributed by atoms with van der Waals surface area (Å²) >= 11 is 1.68. The summed E-state index contributed by atoms with van der Waals surface area (Å²) in [6.07, 6.45) is 3.81. The third kappa shape index (κ3) is 4.14. The molecule has 0 radical (unpaired) electrons. The van der Waals surface area contributed by atoms with Crippen LogP contribution in [0.15, 0.2) is 39.6 Å². The van der Waals surface area contributed by atoms with Gasteiger partial charge in [-0.2, -0.15) is 11.3 Å². The predicted molar refractivity (Wildman–Crippen MR) is 91.4 cm³/mol. The van der Waals surface area contributed by atoms with Gasteiger partial charge in [0.25, 0.3) is 0 Å². The standard InChI is InChI=1S/C17H23N3O2S/c1-19(2)16(13-7-9-23-12-13)10-18-17(21)20(14-5-6-14)11-15-4-3-8-22-15/h3-4,7-9,12,14,16H,5-6,10-11H2,1-2H3,(H,18,21)/t16-/m1/s1. The van der Waals surface area contributed by atoms with Crippen LogP contribution in [0.2, 0.25) is 0 Å². The number of likely N-dealkylation sites (N-methyl/N-ethyl adjacent to an activating group) is 1. The van der Waals surface area contributed by atoms with Crippen LogP contribution in [0, 0.1) is 0 Å². The highest BCUT2D eigenvalue weighted by molar-refractivity contribution is 7.07. The highest BCUT2D eigenvalue weighted by atomic mass is 32.1. The van der Waals surface area contributed by atoms with Crippen LogP contribution >= 0.6 is 11.3 Å². The highest BCUT2D eigenvalue weighted by Gasteiger charge is 2.33. The smallest absolute Gasteiger partial charge is 0.318 e. The normalized spacial score (nSPS) is 15.6. The Morgan fingerprint density at radius 2 is 2.26 bits per heavy atom. The van der Waals surface area contributed by atoms with Crippen molar-refractivity contribution in [3.8, 4) is 0 Å². The Balaban J connectivity index is 1.60. The molecule has 1 saturated carbocycles. The predicted octanol–water partition coefficient (Wildman–Crippen LogP) is 3.32. The Bertz CT molecular complexity index is 606. The van der Waals surface area contributed by atoms with Crippen LogP contribution in [0.25, 0.3) is 0 Å². The summed E-state index contributed by atoms with van der Waals surface area (Å²) < 4.78 is 5.39. The number of amides is 2. The molecule has 1 aliphatic carbocycles. The summed E-state index contributed by atoms with van der Waals surface area (Å²) in [7, 11) is 4.08. The lowest BCUT2D eigenvalue weighted by molar-refractivity contribution is 0.182. The van der Waals surface area contributed by atoms with Gasteiger partial charge in [-0.15, -0.1) is 0 Å². The number of hydrogen-bond donors (Lipinski definition) is 1. The molecule has 0 spiro atoms. The lowest BCUT2D eigenvalue weighted by atomic mass is 10.1. The van der Waals surface area contributed by atoms with Gasteiger partial charge in [-0.25, -0.2) is 4.79 Å². The molecule has 23 heavy (non-hydrogen) atoms. The third-order valence-electron chi connectivity index (χ3n) is 4.15. The van der Waals surface area contributed by atoms with E-state index in [1.165, 1.54) is 5.56 Å². The molecule has 0 bridgehead atoms. The van der Waals surface area contributed by atoms with Crippen LogP contribution in [0.1, 0.15) is 30.2 Å². The Kier molecular flexibility index (Phi) is 5.03. The first kappa shape index (κ1) is 16.1. The van der Waals surface area contributed by atoms with E-state index in [4.69, 9.17) is 4.42 Å². The van der Waals surface area contributed by atoms with E-state index in [0.29, 0.717) is 19.1 Å². The van der Waals surface area contributed by atoms with Crippen LogP contribution in [-0.2, 0) is 6.54 Å². The van der Waals surface area contributed by atoms with E-state index in [1.807, 2.05) is 31.1 Å². The van der Waals surface area contributed by atoms with Crippen molar-refractivity contribution in [2.75, 3.05) is 20.6 Å². The van der Waals surface area contributed by atoms with Gasteiger partial charge >= 0.3 is 6.03 Å². The first-order valence-corrected chi connectivity index (χ1v) is 8.85. The molecule has 1 aliphatic rings. The fourth-order valence-corrected chi connectivity index (χ4v) is 3.38. The van der Waals surface area contributed by atoms with Crippen molar-refractivity contribution in [3.05, 3.63) is 46.5 Å². The van der Waals surface area contributed by atoms with Crippen LogP contribution in [-0.4, -0.2) is 42.5 Å².